The zero-order valence-electron chi connectivity index (χ0n) is 21.9. The first-order valence-corrected chi connectivity index (χ1v) is 12.3. The highest BCUT2D eigenvalue weighted by Crippen LogP contribution is 2.35. The Bertz CT molecular complexity index is 1180. The average molecular weight is 573 g/mol. The number of carbonyl (C=O) groups is 2. The van der Waals surface area contributed by atoms with Crippen molar-refractivity contribution in [3.05, 3.63) is 76.9 Å². The van der Waals surface area contributed by atoms with Gasteiger partial charge in [-0.05, 0) is 54.3 Å². The first-order chi connectivity index (χ1) is 18.6. The molecule has 3 rings (SSSR count). The van der Waals surface area contributed by atoms with Gasteiger partial charge >= 0.3 is 24.3 Å². The van der Waals surface area contributed by atoms with Gasteiger partial charge in [-0.2, -0.15) is 26.3 Å². The van der Waals surface area contributed by atoms with Crippen LogP contribution in [0.2, 0.25) is 0 Å². The van der Waals surface area contributed by atoms with Crippen LogP contribution in [0.1, 0.15) is 60.3 Å². The molecule has 2 aromatic carbocycles. The fraction of sp³-hybridized carbons (Fsp3) is 0.393. The topological polar surface area (TPSA) is 90.7 Å². The highest BCUT2D eigenvalue weighted by Gasteiger charge is 2.34. The van der Waals surface area contributed by atoms with E-state index in [1.54, 1.807) is 11.9 Å². The molecule has 0 saturated carbocycles. The summed E-state index contributed by atoms with van der Waals surface area (Å²) in [6.07, 6.45) is -3.31. The Morgan fingerprint density at radius 3 is 2.00 bits per heavy atom. The summed E-state index contributed by atoms with van der Waals surface area (Å²) in [5.41, 5.74) is -0.402. The first-order valence-electron chi connectivity index (χ1n) is 12.3. The molecule has 0 bridgehead atoms. The normalized spacial score (nSPS) is 17.1. The number of benzene rings is 2. The van der Waals surface area contributed by atoms with Crippen molar-refractivity contribution >= 4 is 23.9 Å². The number of nitrogens with zero attached hydrogens (tertiary/aromatic N) is 1. The molecular weight excluding hydrogens is 542 g/mol. The van der Waals surface area contributed by atoms with Crippen molar-refractivity contribution in [3.8, 4) is 0 Å². The molecule has 1 aliphatic rings. The van der Waals surface area contributed by atoms with Crippen LogP contribution in [0.15, 0.2) is 54.6 Å². The third-order valence-corrected chi connectivity index (χ3v) is 6.46. The fourth-order valence-corrected chi connectivity index (χ4v) is 4.29. The maximum absolute atomic E-state index is 12.7. The molecule has 0 aromatic heterocycles. The quantitative estimate of drug-likeness (QED) is 0.221. The number of alkyl halides is 6. The van der Waals surface area contributed by atoms with E-state index in [0.29, 0.717) is 23.4 Å². The summed E-state index contributed by atoms with van der Waals surface area (Å²) in [5.74, 6) is -1.56. The number of likely N-dealkylation sites (N-methyl/N-ethyl adjacent to an activating group) is 1. The van der Waals surface area contributed by atoms with Gasteiger partial charge in [-0.3, -0.25) is 10.2 Å². The predicted molar refractivity (Wildman–Crippen MR) is 137 cm³/mol. The molecular formula is C28H30F6N2O4. The molecule has 218 valence electrons. The van der Waals surface area contributed by atoms with Gasteiger partial charge < -0.3 is 14.7 Å². The lowest BCUT2D eigenvalue weighted by Gasteiger charge is -2.34. The fourth-order valence-electron chi connectivity index (χ4n) is 4.29. The number of rotatable bonds is 6. The summed E-state index contributed by atoms with van der Waals surface area (Å²) < 4.78 is 79.1. The molecule has 1 aliphatic heterocycles. The summed E-state index contributed by atoms with van der Waals surface area (Å²) in [6.45, 7) is 0. The zero-order chi connectivity index (χ0) is 30.1. The number of likely N-dealkylation sites (tertiary alicyclic amines) is 1. The number of halogens is 6. The van der Waals surface area contributed by atoms with Crippen LogP contribution in [0.3, 0.4) is 0 Å². The van der Waals surface area contributed by atoms with Crippen molar-refractivity contribution in [3.63, 3.8) is 0 Å². The van der Waals surface area contributed by atoms with Gasteiger partial charge in [0.15, 0.2) is 0 Å². The van der Waals surface area contributed by atoms with E-state index in [2.05, 4.69) is 4.74 Å². The van der Waals surface area contributed by atoms with E-state index >= 15 is 0 Å². The predicted octanol–water partition coefficient (Wildman–Crippen LogP) is 7.01. The van der Waals surface area contributed by atoms with Crippen LogP contribution in [0.5, 0.6) is 0 Å². The molecule has 6 nitrogen and oxygen atoms in total. The summed E-state index contributed by atoms with van der Waals surface area (Å²) in [4.78, 5) is 23.8. The van der Waals surface area contributed by atoms with Gasteiger partial charge in [0.1, 0.15) is 0 Å². The molecule has 0 spiro atoms. The van der Waals surface area contributed by atoms with Crippen molar-refractivity contribution in [2.45, 2.75) is 56.4 Å². The number of carbonyl (C=O) groups excluding carboxylic acids is 1. The van der Waals surface area contributed by atoms with Crippen molar-refractivity contribution < 1.29 is 45.8 Å². The van der Waals surface area contributed by atoms with E-state index in [1.165, 1.54) is 37.5 Å². The molecule has 2 aromatic rings. The molecule has 2 N–H and O–H groups in total. The minimum absolute atomic E-state index is 0.173. The number of hydrogen-bond donors (Lipinski definition) is 2. The molecule has 2 unspecified atom stereocenters. The molecule has 0 radical (unpaired) electrons. The van der Waals surface area contributed by atoms with Gasteiger partial charge in [0.2, 0.25) is 0 Å². The van der Waals surface area contributed by atoms with Crippen molar-refractivity contribution in [1.82, 2.24) is 4.90 Å². The van der Waals surface area contributed by atoms with E-state index in [0.717, 1.165) is 49.6 Å². The summed E-state index contributed by atoms with van der Waals surface area (Å²) in [7, 11) is 2.98. The van der Waals surface area contributed by atoms with Gasteiger partial charge in [0.25, 0.3) is 0 Å². The van der Waals surface area contributed by atoms with Crippen LogP contribution >= 0.6 is 0 Å². The summed E-state index contributed by atoms with van der Waals surface area (Å²) >= 11 is 0. The van der Waals surface area contributed by atoms with Crippen molar-refractivity contribution in [2.24, 2.45) is 0 Å². The largest absolute Gasteiger partial charge is 0.481 e. The lowest BCUT2D eigenvalue weighted by Crippen LogP contribution is -2.40. The van der Waals surface area contributed by atoms with Crippen LogP contribution in [-0.4, -0.2) is 48.0 Å². The van der Waals surface area contributed by atoms with Crippen molar-refractivity contribution in [1.29, 1.82) is 5.41 Å². The second-order valence-electron chi connectivity index (χ2n) is 9.17. The highest BCUT2D eigenvalue weighted by atomic mass is 19.4. The first kappa shape index (κ1) is 32.4. The lowest BCUT2D eigenvalue weighted by atomic mass is 9.85. The highest BCUT2D eigenvalue weighted by molar-refractivity contribution is 5.86. The second kappa shape index (κ2) is 14.0. The molecule has 0 amide bonds. The third-order valence-electron chi connectivity index (χ3n) is 6.46. The summed E-state index contributed by atoms with van der Waals surface area (Å²) in [5, 5.41) is 17.3. The number of amidine groups is 1. The van der Waals surface area contributed by atoms with Gasteiger partial charge in [0.05, 0.1) is 30.5 Å². The second-order valence-corrected chi connectivity index (χ2v) is 9.17. The van der Waals surface area contributed by atoms with E-state index in [1.807, 2.05) is 0 Å². The van der Waals surface area contributed by atoms with Crippen LogP contribution in [-0.2, 0) is 26.7 Å². The number of ether oxygens (including phenoxy) is 1. The molecule has 1 saturated heterocycles. The number of hydrogen-bond acceptors (Lipinski definition) is 4. The van der Waals surface area contributed by atoms with Gasteiger partial charge in [-0.25, -0.2) is 4.79 Å². The Labute approximate surface area is 227 Å². The van der Waals surface area contributed by atoms with E-state index in [9.17, 15) is 41.0 Å². The Morgan fingerprint density at radius 1 is 1.00 bits per heavy atom. The Kier molecular flexibility index (Phi) is 11.3. The maximum atomic E-state index is 12.7. The number of methoxy groups -OCH3 is 1. The molecule has 1 fully saturated rings. The molecule has 1 heterocycles. The van der Waals surface area contributed by atoms with Crippen LogP contribution < -0.4 is 0 Å². The third kappa shape index (κ3) is 9.73. The Morgan fingerprint density at radius 2 is 1.52 bits per heavy atom. The SMILES string of the molecule is CN1C(=N)CCCCC1C(CC(=O)O)c1ccc(C(F)(F)F)cc1.COC(=O)C=Cc1ccc(C(F)(F)F)cc1. The van der Waals surface area contributed by atoms with E-state index in [-0.39, 0.29) is 12.5 Å². The smallest absolute Gasteiger partial charge is 0.416 e. The number of carboxylic acids is 1. The molecule has 2 atom stereocenters. The number of carboxylic acid groups (broad SMARTS) is 1. The minimum atomic E-state index is -4.41. The molecule has 40 heavy (non-hydrogen) atoms. The number of aliphatic carboxylic acids is 1. The monoisotopic (exact) mass is 572 g/mol. The average Bonchev–Trinajstić information content (AvgIpc) is 3.05. The van der Waals surface area contributed by atoms with Crippen LogP contribution in [0.4, 0.5) is 26.3 Å². The van der Waals surface area contributed by atoms with Gasteiger partial charge in [-0.15, -0.1) is 0 Å². The van der Waals surface area contributed by atoms with E-state index < -0.39 is 41.3 Å². The lowest BCUT2D eigenvalue weighted by molar-refractivity contribution is -0.138. The molecule has 12 heteroatoms. The van der Waals surface area contributed by atoms with Gasteiger partial charge in [-0.1, -0.05) is 30.7 Å². The van der Waals surface area contributed by atoms with Crippen LogP contribution in [0, 0.1) is 5.41 Å². The van der Waals surface area contributed by atoms with Crippen LogP contribution in [0.25, 0.3) is 6.08 Å². The summed E-state index contributed by atoms with van der Waals surface area (Å²) in [6, 6.07) is 8.97. The Balaban J connectivity index is 0.000000305. The number of nitrogens with one attached hydrogen (secondary N) is 1. The standard InChI is InChI=1S/C17H21F3N2O2.C11H9F3O2/c1-22-14(4-2-3-5-15(22)21)13(10-16(23)24)11-6-8-12(9-7-11)17(18,19)20;1-16-10(15)7-4-8-2-5-9(6-3-8)11(12,13)14/h6-9,13-14,21H,2-5,10H2,1H3,(H,23,24);2-7H,1H3. The zero-order valence-corrected chi connectivity index (χ0v) is 21.9. The minimum Gasteiger partial charge on any atom is -0.481 e. The molecule has 0 aliphatic carbocycles. The van der Waals surface area contributed by atoms with Gasteiger partial charge in [0, 0.05) is 31.5 Å². The number of esters is 1. The maximum Gasteiger partial charge on any atom is 0.416 e. The van der Waals surface area contributed by atoms with E-state index in [4.69, 9.17) is 5.41 Å². The van der Waals surface area contributed by atoms with Crippen molar-refractivity contribution in [2.75, 3.05) is 14.2 Å². The Hall–Kier alpha value is -3.83.